The Morgan fingerprint density at radius 2 is 1.95 bits per heavy atom. The number of benzene rings is 1. The van der Waals surface area contributed by atoms with E-state index >= 15 is 0 Å². The summed E-state index contributed by atoms with van der Waals surface area (Å²) < 4.78 is 41.2. The Kier molecular flexibility index (Phi) is 4.22. The number of hydrogen-bond donors (Lipinski definition) is 2. The second-order valence-electron chi connectivity index (χ2n) is 4.09. The van der Waals surface area contributed by atoms with Crippen molar-refractivity contribution in [1.29, 1.82) is 0 Å². The molecule has 0 saturated carbocycles. The number of halogens is 3. The quantitative estimate of drug-likeness (QED) is 0.901. The van der Waals surface area contributed by atoms with Gasteiger partial charge in [-0.15, -0.1) is 0 Å². The number of anilines is 1. The minimum absolute atomic E-state index is 0.179. The van der Waals surface area contributed by atoms with E-state index in [1.54, 1.807) is 0 Å². The lowest BCUT2D eigenvalue weighted by atomic mass is 10.2. The maximum Gasteiger partial charge on any atom is 0.471 e. The van der Waals surface area contributed by atoms with Crippen LogP contribution in [-0.4, -0.2) is 22.6 Å². The molecule has 1 amide bonds. The third-order valence-corrected chi connectivity index (χ3v) is 2.47. The van der Waals surface area contributed by atoms with Gasteiger partial charge in [-0.05, 0) is 24.3 Å². The van der Waals surface area contributed by atoms with Crippen LogP contribution in [0.15, 0.2) is 28.8 Å². The summed E-state index contributed by atoms with van der Waals surface area (Å²) in [6, 6.07) is 5.99. The third kappa shape index (κ3) is 3.78. The fourth-order valence-electron chi connectivity index (χ4n) is 1.51. The molecule has 0 spiro atoms. The van der Waals surface area contributed by atoms with Crippen LogP contribution in [0.25, 0.3) is 11.4 Å². The first kappa shape index (κ1) is 15.0. The Morgan fingerprint density at radius 3 is 2.48 bits per heavy atom. The number of nitrogens with two attached hydrogens (primary N) is 1. The van der Waals surface area contributed by atoms with Gasteiger partial charge < -0.3 is 15.6 Å². The topological polar surface area (TPSA) is 94.0 Å². The molecule has 0 radical (unpaired) electrons. The van der Waals surface area contributed by atoms with Gasteiger partial charge in [-0.3, -0.25) is 4.79 Å². The highest BCUT2D eigenvalue weighted by Crippen LogP contribution is 2.29. The fraction of sp³-hybridized carbons (Fsp3) is 0.250. The largest absolute Gasteiger partial charge is 0.471 e. The molecule has 2 rings (SSSR count). The number of rotatable bonds is 4. The first-order valence-electron chi connectivity index (χ1n) is 5.91. The fourth-order valence-corrected chi connectivity index (χ4v) is 1.51. The maximum absolute atomic E-state index is 12.3. The van der Waals surface area contributed by atoms with E-state index < -0.39 is 12.1 Å². The molecular weight excluding hydrogens is 289 g/mol. The van der Waals surface area contributed by atoms with Gasteiger partial charge in [0, 0.05) is 24.2 Å². The summed E-state index contributed by atoms with van der Waals surface area (Å²) in [6.45, 7) is 0.229. The zero-order valence-electron chi connectivity index (χ0n) is 10.6. The SMILES string of the molecule is NCCC(=O)Nc1ccc(-c2noc(C(F)(F)F)n2)cc1. The molecule has 2 aromatic rings. The van der Waals surface area contributed by atoms with E-state index in [0.29, 0.717) is 11.3 Å². The van der Waals surface area contributed by atoms with Crippen LogP contribution in [0.3, 0.4) is 0 Å². The van der Waals surface area contributed by atoms with Crippen LogP contribution in [0, 0.1) is 0 Å². The molecule has 21 heavy (non-hydrogen) atoms. The number of nitrogens with one attached hydrogen (secondary N) is 1. The summed E-state index contributed by atoms with van der Waals surface area (Å²) >= 11 is 0. The standard InChI is InChI=1S/C12H11F3N4O2/c13-12(14,15)11-18-10(19-21-11)7-1-3-8(4-2-7)17-9(20)5-6-16/h1-4H,5-6,16H2,(H,17,20). The Hall–Kier alpha value is -2.42. The van der Waals surface area contributed by atoms with Crippen LogP contribution in [0.2, 0.25) is 0 Å². The molecule has 0 aliphatic heterocycles. The van der Waals surface area contributed by atoms with Crippen LogP contribution < -0.4 is 11.1 Å². The summed E-state index contributed by atoms with van der Waals surface area (Å²) in [5.41, 5.74) is 6.08. The molecule has 9 heteroatoms. The highest BCUT2D eigenvalue weighted by molar-refractivity contribution is 5.91. The van der Waals surface area contributed by atoms with Crippen molar-refractivity contribution in [3.05, 3.63) is 30.2 Å². The average Bonchev–Trinajstić information content (AvgIpc) is 2.89. The second kappa shape index (κ2) is 5.92. The first-order chi connectivity index (χ1) is 9.90. The highest BCUT2D eigenvalue weighted by atomic mass is 19.4. The third-order valence-electron chi connectivity index (χ3n) is 2.47. The molecule has 6 nitrogen and oxygen atoms in total. The monoisotopic (exact) mass is 300 g/mol. The summed E-state index contributed by atoms with van der Waals surface area (Å²) in [5.74, 6) is -1.83. The van der Waals surface area contributed by atoms with Gasteiger partial charge in [0.05, 0.1) is 0 Å². The molecule has 112 valence electrons. The normalized spacial score (nSPS) is 11.4. The van der Waals surface area contributed by atoms with E-state index in [1.807, 2.05) is 0 Å². The van der Waals surface area contributed by atoms with E-state index in [9.17, 15) is 18.0 Å². The minimum Gasteiger partial charge on any atom is -0.330 e. The number of amides is 1. The number of nitrogens with zero attached hydrogens (tertiary/aromatic N) is 2. The smallest absolute Gasteiger partial charge is 0.330 e. The second-order valence-corrected chi connectivity index (χ2v) is 4.09. The number of carbonyl (C=O) groups is 1. The minimum atomic E-state index is -4.68. The zero-order chi connectivity index (χ0) is 15.5. The summed E-state index contributed by atoms with van der Waals surface area (Å²) in [6.07, 6.45) is -4.50. The molecule has 0 saturated heterocycles. The van der Waals surface area contributed by atoms with Gasteiger partial charge in [-0.1, -0.05) is 5.16 Å². The Balaban J connectivity index is 2.12. The Labute approximate surface area is 117 Å². The van der Waals surface area contributed by atoms with Gasteiger partial charge in [-0.25, -0.2) is 0 Å². The Morgan fingerprint density at radius 1 is 1.29 bits per heavy atom. The van der Waals surface area contributed by atoms with E-state index in [2.05, 4.69) is 20.0 Å². The molecule has 0 aliphatic carbocycles. The molecule has 3 N–H and O–H groups in total. The molecule has 0 bridgehead atoms. The van der Waals surface area contributed by atoms with Crippen molar-refractivity contribution in [2.45, 2.75) is 12.6 Å². The Bertz CT molecular complexity index is 622. The van der Waals surface area contributed by atoms with Crippen LogP contribution in [0.4, 0.5) is 18.9 Å². The first-order valence-corrected chi connectivity index (χ1v) is 5.91. The highest BCUT2D eigenvalue weighted by Gasteiger charge is 2.38. The number of carbonyl (C=O) groups excluding carboxylic acids is 1. The van der Waals surface area contributed by atoms with E-state index in [1.165, 1.54) is 24.3 Å². The van der Waals surface area contributed by atoms with Crippen LogP contribution in [-0.2, 0) is 11.0 Å². The van der Waals surface area contributed by atoms with E-state index in [4.69, 9.17) is 5.73 Å². The van der Waals surface area contributed by atoms with Gasteiger partial charge in [0.1, 0.15) is 0 Å². The molecule has 0 unspecified atom stereocenters. The predicted molar refractivity (Wildman–Crippen MR) is 67.0 cm³/mol. The molecule has 1 aromatic carbocycles. The van der Waals surface area contributed by atoms with Crippen LogP contribution in [0.5, 0.6) is 0 Å². The van der Waals surface area contributed by atoms with Crippen molar-refractivity contribution in [2.75, 3.05) is 11.9 Å². The van der Waals surface area contributed by atoms with Crippen LogP contribution in [0.1, 0.15) is 12.3 Å². The summed E-state index contributed by atoms with van der Waals surface area (Å²) in [7, 11) is 0. The zero-order valence-corrected chi connectivity index (χ0v) is 10.6. The van der Waals surface area contributed by atoms with Crippen molar-refractivity contribution >= 4 is 11.6 Å². The van der Waals surface area contributed by atoms with E-state index in [0.717, 1.165) is 0 Å². The van der Waals surface area contributed by atoms with E-state index in [-0.39, 0.29) is 24.7 Å². The van der Waals surface area contributed by atoms with Gasteiger partial charge >= 0.3 is 12.1 Å². The molecule has 1 heterocycles. The van der Waals surface area contributed by atoms with Crippen molar-refractivity contribution in [3.63, 3.8) is 0 Å². The summed E-state index contributed by atoms with van der Waals surface area (Å²) in [5, 5.41) is 5.85. The molecule has 0 fully saturated rings. The number of alkyl halides is 3. The number of aromatic nitrogens is 2. The lowest BCUT2D eigenvalue weighted by Crippen LogP contribution is -2.16. The predicted octanol–water partition coefficient (Wildman–Crippen LogP) is 2.04. The maximum atomic E-state index is 12.3. The number of hydrogen-bond acceptors (Lipinski definition) is 5. The van der Waals surface area contributed by atoms with Gasteiger partial charge in [0.2, 0.25) is 11.7 Å². The summed E-state index contributed by atoms with van der Waals surface area (Å²) in [4.78, 5) is 14.6. The average molecular weight is 300 g/mol. The van der Waals surface area contributed by atoms with Crippen LogP contribution >= 0.6 is 0 Å². The van der Waals surface area contributed by atoms with Crippen molar-refractivity contribution in [1.82, 2.24) is 10.1 Å². The lowest BCUT2D eigenvalue weighted by molar-refractivity contribution is -0.159. The van der Waals surface area contributed by atoms with Crippen molar-refractivity contribution in [2.24, 2.45) is 5.73 Å². The van der Waals surface area contributed by atoms with Gasteiger partial charge in [-0.2, -0.15) is 18.2 Å². The van der Waals surface area contributed by atoms with Gasteiger partial charge in [0.25, 0.3) is 0 Å². The molecular formula is C12H11F3N4O2. The van der Waals surface area contributed by atoms with Gasteiger partial charge in [0.15, 0.2) is 0 Å². The molecule has 1 aromatic heterocycles. The van der Waals surface area contributed by atoms with Crippen molar-refractivity contribution in [3.8, 4) is 11.4 Å². The molecule has 0 atom stereocenters. The van der Waals surface area contributed by atoms with Crippen molar-refractivity contribution < 1.29 is 22.5 Å². The molecule has 0 aliphatic rings. The lowest BCUT2D eigenvalue weighted by Gasteiger charge is -2.04.